The third-order valence-electron chi connectivity index (χ3n) is 3.60. The zero-order valence-electron chi connectivity index (χ0n) is 10.0. The monoisotopic (exact) mass is 221 g/mol. The van der Waals surface area contributed by atoms with Gasteiger partial charge >= 0.3 is 5.97 Å². The van der Waals surface area contributed by atoms with E-state index in [-0.39, 0.29) is 18.1 Å². The standard InChI is InChI=1S/C13H19NO2/c1-4-9(2)13(15)16-11-6-8-14-7-5-10(3)12(11)14/h4,11-12H,3,5-8H2,1-2H3/b9-4-. The summed E-state index contributed by atoms with van der Waals surface area (Å²) in [5.74, 6) is -0.186. The Bertz CT molecular complexity index is 346. The molecule has 0 amide bonds. The summed E-state index contributed by atoms with van der Waals surface area (Å²) in [5, 5.41) is 0. The molecule has 2 rings (SSSR count). The lowest BCUT2D eigenvalue weighted by Crippen LogP contribution is -2.33. The minimum atomic E-state index is -0.186. The van der Waals surface area contributed by atoms with Crippen LogP contribution in [0, 0.1) is 0 Å². The Kier molecular flexibility index (Phi) is 3.15. The fourth-order valence-corrected chi connectivity index (χ4v) is 2.50. The summed E-state index contributed by atoms with van der Waals surface area (Å²) < 4.78 is 5.54. The molecule has 0 bridgehead atoms. The smallest absolute Gasteiger partial charge is 0.333 e. The van der Waals surface area contributed by atoms with Crippen LogP contribution in [0.4, 0.5) is 0 Å². The Morgan fingerprint density at radius 2 is 2.31 bits per heavy atom. The van der Waals surface area contributed by atoms with Gasteiger partial charge in [-0.1, -0.05) is 18.2 Å². The molecule has 0 aliphatic carbocycles. The van der Waals surface area contributed by atoms with Gasteiger partial charge in [0.15, 0.2) is 0 Å². The number of nitrogens with zero attached hydrogens (tertiary/aromatic N) is 1. The number of rotatable bonds is 2. The maximum absolute atomic E-state index is 11.7. The highest BCUT2D eigenvalue weighted by molar-refractivity contribution is 5.87. The Morgan fingerprint density at radius 3 is 3.00 bits per heavy atom. The van der Waals surface area contributed by atoms with Crippen molar-refractivity contribution in [1.82, 2.24) is 4.90 Å². The predicted molar refractivity (Wildman–Crippen MR) is 63.0 cm³/mol. The zero-order valence-corrected chi connectivity index (χ0v) is 10.0. The van der Waals surface area contributed by atoms with Crippen molar-refractivity contribution in [3.63, 3.8) is 0 Å². The van der Waals surface area contributed by atoms with Gasteiger partial charge < -0.3 is 4.74 Å². The number of carbonyl (C=O) groups excluding carboxylic acids is 1. The molecule has 3 nitrogen and oxygen atoms in total. The molecule has 88 valence electrons. The number of esters is 1. The van der Waals surface area contributed by atoms with Crippen LogP contribution in [0.5, 0.6) is 0 Å². The van der Waals surface area contributed by atoms with E-state index in [9.17, 15) is 4.79 Å². The summed E-state index contributed by atoms with van der Waals surface area (Å²) in [6.07, 6.45) is 3.78. The highest BCUT2D eigenvalue weighted by Gasteiger charge is 2.41. The molecule has 2 fully saturated rings. The van der Waals surface area contributed by atoms with Gasteiger partial charge in [-0.25, -0.2) is 4.79 Å². The van der Waals surface area contributed by atoms with E-state index >= 15 is 0 Å². The van der Waals surface area contributed by atoms with Crippen molar-refractivity contribution in [3.05, 3.63) is 23.8 Å². The van der Waals surface area contributed by atoms with Gasteiger partial charge in [-0.3, -0.25) is 4.90 Å². The van der Waals surface area contributed by atoms with E-state index in [4.69, 9.17) is 4.74 Å². The highest BCUT2D eigenvalue weighted by Crippen LogP contribution is 2.33. The molecule has 2 aliphatic heterocycles. The Morgan fingerprint density at radius 1 is 1.56 bits per heavy atom. The summed E-state index contributed by atoms with van der Waals surface area (Å²) in [4.78, 5) is 14.1. The molecule has 2 saturated heterocycles. The van der Waals surface area contributed by atoms with Crippen LogP contribution in [0.25, 0.3) is 0 Å². The van der Waals surface area contributed by atoms with Crippen LogP contribution < -0.4 is 0 Å². The van der Waals surface area contributed by atoms with E-state index < -0.39 is 0 Å². The fourth-order valence-electron chi connectivity index (χ4n) is 2.50. The topological polar surface area (TPSA) is 29.5 Å². The summed E-state index contributed by atoms with van der Waals surface area (Å²) in [7, 11) is 0. The summed E-state index contributed by atoms with van der Waals surface area (Å²) in [6, 6.07) is 0.272. The van der Waals surface area contributed by atoms with Crippen molar-refractivity contribution in [2.75, 3.05) is 13.1 Å². The average Bonchev–Trinajstić information content (AvgIpc) is 2.82. The zero-order chi connectivity index (χ0) is 11.7. The molecular formula is C13H19NO2. The first kappa shape index (κ1) is 11.4. The largest absolute Gasteiger partial charge is 0.457 e. The van der Waals surface area contributed by atoms with Crippen molar-refractivity contribution in [3.8, 4) is 0 Å². The van der Waals surface area contributed by atoms with Gasteiger partial charge in [0.25, 0.3) is 0 Å². The number of allylic oxidation sites excluding steroid dienone is 1. The van der Waals surface area contributed by atoms with Crippen LogP contribution in [0.2, 0.25) is 0 Å². The van der Waals surface area contributed by atoms with Gasteiger partial charge in [-0.15, -0.1) is 0 Å². The third-order valence-corrected chi connectivity index (χ3v) is 3.60. The molecule has 2 unspecified atom stereocenters. The van der Waals surface area contributed by atoms with Gasteiger partial charge in [0, 0.05) is 18.7 Å². The van der Waals surface area contributed by atoms with Gasteiger partial charge in [0.05, 0.1) is 6.04 Å². The molecule has 0 aromatic heterocycles. The lowest BCUT2D eigenvalue weighted by atomic mass is 10.1. The predicted octanol–water partition coefficient (Wildman–Crippen LogP) is 1.90. The van der Waals surface area contributed by atoms with Crippen molar-refractivity contribution >= 4 is 5.97 Å². The van der Waals surface area contributed by atoms with Crippen LogP contribution in [0.15, 0.2) is 23.8 Å². The Balaban J connectivity index is 2.01. The van der Waals surface area contributed by atoms with Gasteiger partial charge in [0.1, 0.15) is 6.10 Å². The van der Waals surface area contributed by atoms with E-state index in [1.54, 1.807) is 13.0 Å². The summed E-state index contributed by atoms with van der Waals surface area (Å²) in [6.45, 7) is 9.81. The van der Waals surface area contributed by atoms with Crippen LogP contribution in [0.3, 0.4) is 0 Å². The van der Waals surface area contributed by atoms with Crippen LogP contribution in [-0.2, 0) is 9.53 Å². The minimum absolute atomic E-state index is 0.0115. The van der Waals surface area contributed by atoms with Crippen LogP contribution in [0.1, 0.15) is 26.7 Å². The molecular weight excluding hydrogens is 202 g/mol. The van der Waals surface area contributed by atoms with E-state index in [1.807, 2.05) is 6.92 Å². The Labute approximate surface area is 96.8 Å². The molecule has 0 N–H and O–H groups in total. The van der Waals surface area contributed by atoms with E-state index in [0.29, 0.717) is 5.57 Å². The molecule has 0 aromatic carbocycles. The highest BCUT2D eigenvalue weighted by atomic mass is 16.5. The first-order valence-electron chi connectivity index (χ1n) is 5.89. The molecule has 2 aliphatic rings. The minimum Gasteiger partial charge on any atom is -0.457 e. The number of fused-ring (bicyclic) bond motifs is 1. The summed E-state index contributed by atoms with van der Waals surface area (Å²) in [5.41, 5.74) is 1.90. The first-order chi connectivity index (χ1) is 7.63. The maximum Gasteiger partial charge on any atom is 0.333 e. The third kappa shape index (κ3) is 1.92. The lowest BCUT2D eigenvalue weighted by molar-refractivity contribution is -0.144. The quantitative estimate of drug-likeness (QED) is 0.405. The van der Waals surface area contributed by atoms with Crippen molar-refractivity contribution < 1.29 is 9.53 Å². The molecule has 2 atom stereocenters. The molecule has 16 heavy (non-hydrogen) atoms. The van der Waals surface area contributed by atoms with E-state index in [0.717, 1.165) is 25.9 Å². The van der Waals surface area contributed by atoms with Crippen molar-refractivity contribution in [2.24, 2.45) is 0 Å². The van der Waals surface area contributed by atoms with E-state index in [1.165, 1.54) is 5.57 Å². The molecule has 3 heteroatoms. The van der Waals surface area contributed by atoms with Crippen LogP contribution in [-0.4, -0.2) is 36.1 Å². The SMILES string of the molecule is C=C1CCN2CCC(OC(=O)/C(C)=C\C)C12. The Hall–Kier alpha value is -1.09. The van der Waals surface area contributed by atoms with Crippen LogP contribution >= 0.6 is 0 Å². The van der Waals surface area contributed by atoms with Gasteiger partial charge in [-0.05, 0) is 26.7 Å². The summed E-state index contributed by atoms with van der Waals surface area (Å²) >= 11 is 0. The van der Waals surface area contributed by atoms with Gasteiger partial charge in [-0.2, -0.15) is 0 Å². The number of ether oxygens (including phenoxy) is 1. The molecule has 0 aromatic rings. The van der Waals surface area contributed by atoms with Gasteiger partial charge in [0.2, 0.25) is 0 Å². The molecule has 2 heterocycles. The molecule has 0 saturated carbocycles. The second-order valence-corrected chi connectivity index (χ2v) is 4.59. The number of hydrogen-bond donors (Lipinski definition) is 0. The fraction of sp³-hybridized carbons (Fsp3) is 0.615. The lowest BCUT2D eigenvalue weighted by Gasteiger charge is -2.21. The maximum atomic E-state index is 11.7. The van der Waals surface area contributed by atoms with Crippen molar-refractivity contribution in [1.29, 1.82) is 0 Å². The number of carbonyl (C=O) groups is 1. The van der Waals surface area contributed by atoms with Crippen molar-refractivity contribution in [2.45, 2.75) is 38.8 Å². The first-order valence-corrected chi connectivity index (χ1v) is 5.89. The molecule has 0 spiro atoms. The average molecular weight is 221 g/mol. The normalized spacial score (nSPS) is 30.6. The molecule has 0 radical (unpaired) electrons. The second kappa shape index (κ2) is 4.42. The number of hydrogen-bond acceptors (Lipinski definition) is 3. The second-order valence-electron chi connectivity index (χ2n) is 4.59. The van der Waals surface area contributed by atoms with E-state index in [2.05, 4.69) is 11.5 Å².